The van der Waals surface area contributed by atoms with Gasteiger partial charge in [0.2, 0.25) is 5.91 Å². The van der Waals surface area contributed by atoms with Gasteiger partial charge < -0.3 is 10.6 Å². The summed E-state index contributed by atoms with van der Waals surface area (Å²) in [4.78, 5) is 11.7. The fourth-order valence-corrected chi connectivity index (χ4v) is 2.18. The average Bonchev–Trinajstić information content (AvgIpc) is 2.78. The molecule has 0 fully saturated rings. The molecule has 0 spiro atoms. The zero-order chi connectivity index (χ0) is 15.1. The molecule has 2 N–H and O–H groups in total. The first-order valence-corrected chi connectivity index (χ1v) is 7.22. The third-order valence-corrected chi connectivity index (χ3v) is 3.17. The van der Waals surface area contributed by atoms with Crippen molar-refractivity contribution in [3.63, 3.8) is 0 Å². The summed E-state index contributed by atoms with van der Waals surface area (Å²) in [5.41, 5.74) is 3.05. The van der Waals surface area contributed by atoms with Crippen LogP contribution in [0.4, 0.5) is 5.69 Å². The predicted octanol–water partition coefficient (Wildman–Crippen LogP) is 2.12. The van der Waals surface area contributed by atoms with Crippen LogP contribution in [0, 0.1) is 13.8 Å². The Hall–Kier alpha value is -2.14. The lowest BCUT2D eigenvalue weighted by atomic mass is 10.3. The van der Waals surface area contributed by atoms with E-state index in [1.807, 2.05) is 41.9 Å². The molecule has 112 valence electrons. The van der Waals surface area contributed by atoms with Crippen molar-refractivity contribution in [3.05, 3.63) is 47.8 Å². The quantitative estimate of drug-likeness (QED) is 0.767. The lowest BCUT2D eigenvalue weighted by molar-refractivity contribution is -0.115. The Morgan fingerprint density at radius 2 is 2.00 bits per heavy atom. The largest absolute Gasteiger partial charge is 0.325 e. The van der Waals surface area contributed by atoms with Gasteiger partial charge in [-0.3, -0.25) is 9.48 Å². The van der Waals surface area contributed by atoms with Crippen LogP contribution in [0.5, 0.6) is 0 Å². The highest BCUT2D eigenvalue weighted by Gasteiger charge is 2.02. The van der Waals surface area contributed by atoms with Crippen LogP contribution >= 0.6 is 0 Å². The lowest BCUT2D eigenvalue weighted by Gasteiger charge is -2.07. The molecule has 5 heteroatoms. The van der Waals surface area contributed by atoms with Gasteiger partial charge in [-0.1, -0.05) is 18.2 Å². The molecule has 0 saturated heterocycles. The first kappa shape index (κ1) is 15.3. The van der Waals surface area contributed by atoms with Gasteiger partial charge in [0, 0.05) is 17.9 Å². The second-order valence-corrected chi connectivity index (χ2v) is 5.09. The number of amides is 1. The van der Waals surface area contributed by atoms with E-state index in [1.54, 1.807) is 0 Å². The summed E-state index contributed by atoms with van der Waals surface area (Å²) in [6.07, 6.45) is 0.945. The molecule has 2 rings (SSSR count). The van der Waals surface area contributed by atoms with E-state index in [-0.39, 0.29) is 5.91 Å². The van der Waals surface area contributed by atoms with Crippen molar-refractivity contribution in [1.29, 1.82) is 0 Å². The zero-order valence-electron chi connectivity index (χ0n) is 12.6. The minimum atomic E-state index is -0.0210. The van der Waals surface area contributed by atoms with E-state index < -0.39 is 0 Å². The number of hydrogen-bond acceptors (Lipinski definition) is 3. The summed E-state index contributed by atoms with van der Waals surface area (Å²) in [6.45, 7) is 6.04. The third kappa shape index (κ3) is 5.04. The smallest absolute Gasteiger partial charge is 0.238 e. The molecule has 1 aromatic heterocycles. The second-order valence-electron chi connectivity index (χ2n) is 5.09. The van der Waals surface area contributed by atoms with Gasteiger partial charge >= 0.3 is 0 Å². The van der Waals surface area contributed by atoms with Crippen molar-refractivity contribution in [3.8, 4) is 0 Å². The van der Waals surface area contributed by atoms with Gasteiger partial charge in [-0.2, -0.15) is 5.10 Å². The minimum absolute atomic E-state index is 0.0210. The SMILES string of the molecule is Cc1cc(C)n(CCCNCC(=O)Nc2ccccc2)n1. The minimum Gasteiger partial charge on any atom is -0.325 e. The summed E-state index contributed by atoms with van der Waals surface area (Å²) in [6, 6.07) is 11.5. The molecule has 2 aromatic rings. The van der Waals surface area contributed by atoms with E-state index in [4.69, 9.17) is 0 Å². The van der Waals surface area contributed by atoms with Crippen molar-refractivity contribution < 1.29 is 4.79 Å². The highest BCUT2D eigenvalue weighted by atomic mass is 16.1. The summed E-state index contributed by atoms with van der Waals surface area (Å²) >= 11 is 0. The number of aromatic nitrogens is 2. The number of carbonyl (C=O) groups excluding carboxylic acids is 1. The molecule has 1 heterocycles. The number of rotatable bonds is 7. The Balaban J connectivity index is 1.61. The van der Waals surface area contributed by atoms with Gasteiger partial charge in [0.15, 0.2) is 0 Å². The van der Waals surface area contributed by atoms with Crippen LogP contribution in [0.2, 0.25) is 0 Å². The Morgan fingerprint density at radius 1 is 1.24 bits per heavy atom. The van der Waals surface area contributed by atoms with Crippen molar-refractivity contribution in [2.24, 2.45) is 0 Å². The summed E-state index contributed by atoms with van der Waals surface area (Å²) in [7, 11) is 0. The third-order valence-electron chi connectivity index (χ3n) is 3.17. The van der Waals surface area contributed by atoms with Gasteiger partial charge in [0.05, 0.1) is 12.2 Å². The molecule has 0 aliphatic carbocycles. The normalized spacial score (nSPS) is 10.6. The summed E-state index contributed by atoms with van der Waals surface area (Å²) < 4.78 is 2.00. The van der Waals surface area contributed by atoms with Gasteiger partial charge in [-0.05, 0) is 45.0 Å². The Morgan fingerprint density at radius 3 is 2.67 bits per heavy atom. The van der Waals surface area contributed by atoms with Crippen molar-refractivity contribution in [2.45, 2.75) is 26.8 Å². The van der Waals surface area contributed by atoms with Crippen LogP contribution in [0.3, 0.4) is 0 Å². The fourth-order valence-electron chi connectivity index (χ4n) is 2.18. The molecule has 21 heavy (non-hydrogen) atoms. The lowest BCUT2D eigenvalue weighted by Crippen LogP contribution is -2.29. The van der Waals surface area contributed by atoms with E-state index in [0.717, 1.165) is 30.9 Å². The zero-order valence-corrected chi connectivity index (χ0v) is 12.6. The molecule has 0 saturated carbocycles. The van der Waals surface area contributed by atoms with E-state index in [2.05, 4.69) is 28.7 Å². The highest BCUT2D eigenvalue weighted by Crippen LogP contribution is 2.04. The first-order valence-electron chi connectivity index (χ1n) is 7.22. The first-order chi connectivity index (χ1) is 10.1. The number of nitrogens with one attached hydrogen (secondary N) is 2. The van der Waals surface area contributed by atoms with Crippen molar-refractivity contribution >= 4 is 11.6 Å². The molecule has 0 aliphatic heterocycles. The van der Waals surface area contributed by atoms with Crippen molar-refractivity contribution in [2.75, 3.05) is 18.4 Å². The molecule has 0 aliphatic rings. The Labute approximate surface area is 125 Å². The maximum atomic E-state index is 11.7. The van der Waals surface area contributed by atoms with Gasteiger partial charge in [0.25, 0.3) is 0 Å². The number of nitrogens with zero attached hydrogens (tertiary/aromatic N) is 2. The molecule has 5 nitrogen and oxygen atoms in total. The molecular formula is C16H22N4O. The summed E-state index contributed by atoms with van der Waals surface area (Å²) in [5, 5.41) is 10.4. The average molecular weight is 286 g/mol. The number of para-hydroxylation sites is 1. The standard InChI is InChI=1S/C16H22N4O/c1-13-11-14(2)20(19-13)10-6-9-17-12-16(21)18-15-7-4-3-5-8-15/h3-5,7-8,11,17H,6,9-10,12H2,1-2H3,(H,18,21). The highest BCUT2D eigenvalue weighted by molar-refractivity contribution is 5.92. The second kappa shape index (κ2) is 7.59. The number of carbonyl (C=O) groups is 1. The summed E-state index contributed by atoms with van der Waals surface area (Å²) in [5.74, 6) is -0.0210. The van der Waals surface area contributed by atoms with Crippen LogP contribution in [-0.4, -0.2) is 28.8 Å². The predicted molar refractivity (Wildman–Crippen MR) is 84.3 cm³/mol. The van der Waals surface area contributed by atoms with Crippen LogP contribution in [0.15, 0.2) is 36.4 Å². The number of anilines is 1. The molecule has 0 atom stereocenters. The molecule has 0 unspecified atom stereocenters. The Kier molecular flexibility index (Phi) is 5.51. The molecule has 0 radical (unpaired) electrons. The van der Waals surface area contributed by atoms with Gasteiger partial charge in [-0.15, -0.1) is 0 Å². The topological polar surface area (TPSA) is 59.0 Å². The number of hydrogen-bond donors (Lipinski definition) is 2. The molecular weight excluding hydrogens is 264 g/mol. The number of aryl methyl sites for hydroxylation is 3. The van der Waals surface area contributed by atoms with Crippen LogP contribution in [0.25, 0.3) is 0 Å². The maximum absolute atomic E-state index is 11.7. The fraction of sp³-hybridized carbons (Fsp3) is 0.375. The monoisotopic (exact) mass is 286 g/mol. The number of benzene rings is 1. The molecule has 1 amide bonds. The van der Waals surface area contributed by atoms with Crippen LogP contribution in [-0.2, 0) is 11.3 Å². The van der Waals surface area contributed by atoms with E-state index in [9.17, 15) is 4.79 Å². The van der Waals surface area contributed by atoms with Gasteiger partial charge in [0.1, 0.15) is 0 Å². The van der Waals surface area contributed by atoms with E-state index >= 15 is 0 Å². The van der Waals surface area contributed by atoms with Crippen LogP contribution < -0.4 is 10.6 Å². The van der Waals surface area contributed by atoms with E-state index in [0.29, 0.717) is 6.54 Å². The van der Waals surface area contributed by atoms with E-state index in [1.165, 1.54) is 5.69 Å². The van der Waals surface area contributed by atoms with Crippen LogP contribution in [0.1, 0.15) is 17.8 Å². The molecule has 1 aromatic carbocycles. The molecule has 0 bridgehead atoms. The Bertz CT molecular complexity index is 577. The van der Waals surface area contributed by atoms with Gasteiger partial charge in [-0.25, -0.2) is 0 Å². The van der Waals surface area contributed by atoms with Crippen molar-refractivity contribution in [1.82, 2.24) is 15.1 Å². The maximum Gasteiger partial charge on any atom is 0.238 e.